The van der Waals surface area contributed by atoms with E-state index in [1.165, 1.54) is 164 Å². The Bertz CT molecular complexity index is 3070. The summed E-state index contributed by atoms with van der Waals surface area (Å²) in [4.78, 5) is 52.9. The third-order valence-corrected chi connectivity index (χ3v) is 15.4. The van der Waals surface area contributed by atoms with E-state index in [1.54, 1.807) is 24.3 Å². The first-order valence-electron chi connectivity index (χ1n) is 29.8. The summed E-state index contributed by atoms with van der Waals surface area (Å²) in [7, 11) is 0. The fourth-order valence-corrected chi connectivity index (χ4v) is 10.8. The Kier molecular flexibility index (Phi) is 23.9. The number of rotatable bonds is 30. The summed E-state index contributed by atoms with van der Waals surface area (Å²) < 4.78 is 0. The van der Waals surface area contributed by atoms with Crippen molar-refractivity contribution < 1.29 is 39.6 Å². The summed E-state index contributed by atoms with van der Waals surface area (Å²) in [5.41, 5.74) is 4.63. The molecule has 82 heavy (non-hydrogen) atoms. The normalized spacial score (nSPS) is 10.9. The second-order valence-electron chi connectivity index (χ2n) is 21.5. The zero-order valence-corrected chi connectivity index (χ0v) is 47.8. The number of unbranched alkanes of at least 4 members (excludes halogenated alkanes) is 18. The molecule has 0 bridgehead atoms. The number of hydrogen-bond acceptors (Lipinski definition) is 4. The summed E-state index contributed by atoms with van der Waals surface area (Å²) >= 11 is 0. The molecule has 0 aliphatic heterocycles. The number of benzene rings is 7. The van der Waals surface area contributed by atoms with Gasteiger partial charge >= 0.3 is 23.9 Å². The van der Waals surface area contributed by atoms with Crippen molar-refractivity contribution in [3.05, 3.63) is 201 Å². The summed E-state index contributed by atoms with van der Waals surface area (Å²) in [6.07, 6.45) is 28.4. The lowest BCUT2D eigenvalue weighted by atomic mass is 9.80. The van der Waals surface area contributed by atoms with Crippen molar-refractivity contribution in [3.63, 3.8) is 0 Å². The highest BCUT2D eigenvalue weighted by Gasteiger charge is 2.37. The van der Waals surface area contributed by atoms with Gasteiger partial charge in [-0.3, -0.25) is 0 Å². The maximum atomic E-state index is 13.2. The molecular weight excluding hydrogens is 1020 g/mol. The van der Waals surface area contributed by atoms with E-state index in [0.29, 0.717) is 11.1 Å². The summed E-state index contributed by atoms with van der Waals surface area (Å²) in [5.74, 6) is 6.02. The lowest BCUT2D eigenvalue weighted by Gasteiger charge is -2.21. The van der Waals surface area contributed by atoms with Crippen LogP contribution >= 0.6 is 0 Å². The molecule has 0 amide bonds. The molecule has 7 aromatic carbocycles. The first-order chi connectivity index (χ1) is 39.9. The van der Waals surface area contributed by atoms with Gasteiger partial charge in [0, 0.05) is 33.4 Å². The molecule has 0 unspecified atom stereocenters. The van der Waals surface area contributed by atoms with Crippen LogP contribution < -0.4 is 0 Å². The quantitative estimate of drug-likeness (QED) is 0.0257. The van der Waals surface area contributed by atoms with Gasteiger partial charge in [-0.25, -0.2) is 19.2 Å². The van der Waals surface area contributed by atoms with E-state index in [1.807, 2.05) is 48.5 Å². The van der Waals surface area contributed by atoms with Crippen molar-refractivity contribution in [3.8, 4) is 68.2 Å². The van der Waals surface area contributed by atoms with Gasteiger partial charge in [0.2, 0.25) is 0 Å². The van der Waals surface area contributed by atoms with Crippen molar-refractivity contribution >= 4 is 23.9 Å². The van der Waals surface area contributed by atoms with Crippen molar-refractivity contribution in [1.82, 2.24) is 0 Å². The Morgan fingerprint density at radius 1 is 0.268 bits per heavy atom. The number of carboxylic acid groups (broad SMARTS) is 4. The smallest absolute Gasteiger partial charge is 0.337 e. The van der Waals surface area contributed by atoms with Crippen LogP contribution in [0.4, 0.5) is 0 Å². The predicted molar refractivity (Wildman–Crippen MR) is 332 cm³/mol. The van der Waals surface area contributed by atoms with Gasteiger partial charge in [-0.15, -0.1) is 0 Å². The van der Waals surface area contributed by atoms with Crippen molar-refractivity contribution in [2.45, 2.75) is 155 Å². The number of hydrogen-bond donors (Lipinski definition) is 4. The maximum Gasteiger partial charge on any atom is 0.337 e. The van der Waals surface area contributed by atoms with E-state index >= 15 is 0 Å². The van der Waals surface area contributed by atoms with Gasteiger partial charge in [-0.1, -0.05) is 250 Å². The molecule has 0 saturated carbocycles. The van der Waals surface area contributed by atoms with E-state index in [0.717, 1.165) is 46.2 Å². The van der Waals surface area contributed by atoms with Crippen LogP contribution in [0.3, 0.4) is 0 Å². The van der Waals surface area contributed by atoms with E-state index in [9.17, 15) is 39.6 Å². The van der Waals surface area contributed by atoms with Crippen LogP contribution in [-0.2, 0) is 12.8 Å². The zero-order chi connectivity index (χ0) is 58.1. The van der Waals surface area contributed by atoms with Gasteiger partial charge < -0.3 is 20.4 Å². The first-order valence-corrected chi connectivity index (χ1v) is 29.8. The molecule has 7 aromatic rings. The first kappa shape index (κ1) is 61.2. The molecule has 0 aliphatic rings. The van der Waals surface area contributed by atoms with Crippen LogP contribution in [0.5, 0.6) is 0 Å². The lowest BCUT2D eigenvalue weighted by molar-refractivity contribution is 0.0639. The second kappa shape index (κ2) is 32.1. The molecule has 8 nitrogen and oxygen atoms in total. The molecule has 0 spiro atoms. The van der Waals surface area contributed by atoms with Crippen LogP contribution in [-0.4, -0.2) is 44.3 Å². The summed E-state index contributed by atoms with van der Waals surface area (Å²) in [6, 6.07) is 44.4. The molecule has 422 valence electrons. The number of carboxylic acids is 4. The van der Waals surface area contributed by atoms with Crippen LogP contribution in [0.2, 0.25) is 0 Å². The topological polar surface area (TPSA) is 149 Å². The Hall–Kier alpha value is -8.46. The minimum Gasteiger partial charge on any atom is -0.478 e. The Morgan fingerprint density at radius 2 is 0.463 bits per heavy atom. The van der Waals surface area contributed by atoms with Crippen LogP contribution in [0, 0.1) is 23.7 Å². The highest BCUT2D eigenvalue weighted by Crippen LogP contribution is 2.42. The number of aromatic carboxylic acids is 4. The van der Waals surface area contributed by atoms with Gasteiger partial charge in [0.25, 0.3) is 0 Å². The second-order valence-corrected chi connectivity index (χ2v) is 21.5. The van der Waals surface area contributed by atoms with E-state index in [4.69, 9.17) is 0 Å². The van der Waals surface area contributed by atoms with Crippen molar-refractivity contribution in [2.24, 2.45) is 0 Å². The highest BCUT2D eigenvalue weighted by atomic mass is 16.4. The summed E-state index contributed by atoms with van der Waals surface area (Å²) in [6.45, 7) is 4.51. The van der Waals surface area contributed by atoms with Gasteiger partial charge in [0.05, 0.1) is 22.3 Å². The molecule has 4 N–H and O–H groups in total. The van der Waals surface area contributed by atoms with E-state index in [-0.39, 0.29) is 11.1 Å². The highest BCUT2D eigenvalue weighted by molar-refractivity contribution is 6.21. The van der Waals surface area contributed by atoms with Crippen LogP contribution in [0.1, 0.15) is 217 Å². The van der Waals surface area contributed by atoms with Gasteiger partial charge in [-0.05, 0) is 119 Å². The molecular formula is C74H78O8. The minimum atomic E-state index is -1.73. The fourth-order valence-electron chi connectivity index (χ4n) is 10.8. The molecule has 7 rings (SSSR count). The third kappa shape index (κ3) is 17.8. The molecule has 0 atom stereocenters. The van der Waals surface area contributed by atoms with Gasteiger partial charge in [0.15, 0.2) is 0 Å². The van der Waals surface area contributed by atoms with E-state index in [2.05, 4.69) is 86.1 Å². The molecule has 0 aliphatic carbocycles. The average molecular weight is 1100 g/mol. The monoisotopic (exact) mass is 1090 g/mol. The van der Waals surface area contributed by atoms with Crippen molar-refractivity contribution in [1.29, 1.82) is 0 Å². The molecule has 0 saturated heterocycles. The molecule has 0 aromatic heterocycles. The SMILES string of the molecule is CCCCCCCCCCCCc1ccc(C#Cc2ccc(-c3ccc(-c4c(C(=O)O)c(C(=O)O)c(-c5ccc(-c6ccc(C#Cc7ccc(CCCCCCCCCCCC)cc7)cc6)cc5)c(C(=O)O)c4C(=O)O)cc3)cc2)cc1. The summed E-state index contributed by atoms with van der Waals surface area (Å²) in [5, 5.41) is 42.9. The Labute approximate surface area is 485 Å². The number of aryl methyl sites for hydroxylation is 2. The number of carbonyl (C=O) groups is 4. The van der Waals surface area contributed by atoms with Crippen molar-refractivity contribution in [2.75, 3.05) is 0 Å². The molecule has 0 fully saturated rings. The Balaban J connectivity index is 1.01. The molecule has 0 radical (unpaired) electrons. The fraction of sp³-hybridized carbons (Fsp3) is 0.324. The standard InChI is InChI=1S/C74H78O8/c1-3-5-7-9-11-13-15-17-19-21-23-53-25-29-55(30-26-53)33-35-57-37-41-59(42-38-57)61-45-49-63(50-46-61)65-67(71(75)76)69(73(79)80)66(70(74(81)82)68(65)72(77)78)64-51-47-62(48-52-64)60-43-39-58(40-44-60)36-34-56-31-27-54(28-32-56)24-22-20-18-16-14-12-10-8-6-4-2/h25-32,37-52H,3-24H2,1-2H3,(H,75,76)(H,77,78)(H,79,80)(H,81,82). The zero-order valence-electron chi connectivity index (χ0n) is 47.8. The largest absolute Gasteiger partial charge is 0.478 e. The predicted octanol–water partition coefficient (Wildman–Crippen LogP) is 18.9. The van der Waals surface area contributed by atoms with E-state index < -0.39 is 57.3 Å². The Morgan fingerprint density at radius 3 is 0.695 bits per heavy atom. The minimum absolute atomic E-state index is 0.0170. The molecule has 8 heteroatoms. The van der Waals surface area contributed by atoms with Gasteiger partial charge in [-0.2, -0.15) is 0 Å². The average Bonchev–Trinajstić information content (AvgIpc) is 1.78. The maximum absolute atomic E-state index is 13.2. The third-order valence-electron chi connectivity index (χ3n) is 15.4. The molecule has 0 heterocycles. The van der Waals surface area contributed by atoms with Crippen LogP contribution in [0.15, 0.2) is 146 Å². The van der Waals surface area contributed by atoms with Crippen LogP contribution in [0.25, 0.3) is 44.5 Å². The lowest BCUT2D eigenvalue weighted by Crippen LogP contribution is -2.21. The van der Waals surface area contributed by atoms with Gasteiger partial charge in [0.1, 0.15) is 0 Å².